The standard InChI is InChI=1S/C19H22N2O5S/c1-12(2)17(19(23)24)20-18(22)14-6-10-16(11-7-14)27(25,26)21-15-8-4-13(3)5-9-15/h4-12,17,21H,1-3H3,(H,20,22)(H,23,24)/t17-/m1/s1. The van der Waals surface area contributed by atoms with Gasteiger partial charge in [0.05, 0.1) is 4.90 Å². The number of carboxylic acids is 1. The minimum atomic E-state index is -3.79. The van der Waals surface area contributed by atoms with Crippen LogP contribution < -0.4 is 10.0 Å². The lowest BCUT2D eigenvalue weighted by molar-refractivity contribution is -0.140. The minimum Gasteiger partial charge on any atom is -0.480 e. The first-order valence-electron chi connectivity index (χ1n) is 8.33. The van der Waals surface area contributed by atoms with Crippen LogP contribution in [0.1, 0.15) is 29.8 Å². The molecule has 0 radical (unpaired) electrons. The van der Waals surface area contributed by atoms with Crippen molar-refractivity contribution in [2.24, 2.45) is 5.92 Å². The highest BCUT2D eigenvalue weighted by atomic mass is 32.2. The van der Waals surface area contributed by atoms with E-state index in [9.17, 15) is 18.0 Å². The van der Waals surface area contributed by atoms with Crippen LogP contribution in [-0.4, -0.2) is 31.4 Å². The Balaban J connectivity index is 2.14. The number of benzene rings is 2. The SMILES string of the molecule is Cc1ccc(NS(=O)(=O)c2ccc(C(=O)N[C@@H](C(=O)O)C(C)C)cc2)cc1. The summed E-state index contributed by atoms with van der Waals surface area (Å²) in [7, 11) is -3.79. The molecule has 1 amide bonds. The van der Waals surface area contributed by atoms with Crippen LogP contribution in [0, 0.1) is 12.8 Å². The van der Waals surface area contributed by atoms with Gasteiger partial charge in [0, 0.05) is 11.3 Å². The van der Waals surface area contributed by atoms with Crippen LogP contribution in [0.25, 0.3) is 0 Å². The summed E-state index contributed by atoms with van der Waals surface area (Å²) in [4.78, 5) is 23.4. The second-order valence-corrected chi connectivity index (χ2v) is 8.21. The summed E-state index contributed by atoms with van der Waals surface area (Å²) in [6.07, 6.45) is 0. The molecule has 7 nitrogen and oxygen atoms in total. The van der Waals surface area contributed by atoms with Crippen molar-refractivity contribution < 1.29 is 23.1 Å². The van der Waals surface area contributed by atoms with Crippen LogP contribution in [0.15, 0.2) is 53.4 Å². The first kappa shape index (κ1) is 20.4. The molecule has 0 fully saturated rings. The average molecular weight is 390 g/mol. The maximum absolute atomic E-state index is 12.4. The average Bonchev–Trinajstić information content (AvgIpc) is 2.60. The molecule has 0 aliphatic heterocycles. The van der Waals surface area contributed by atoms with E-state index < -0.39 is 27.9 Å². The number of nitrogens with one attached hydrogen (secondary N) is 2. The number of aliphatic carboxylic acids is 1. The highest BCUT2D eigenvalue weighted by Crippen LogP contribution is 2.17. The van der Waals surface area contributed by atoms with Gasteiger partial charge in [-0.2, -0.15) is 0 Å². The summed E-state index contributed by atoms with van der Waals surface area (Å²) >= 11 is 0. The van der Waals surface area contributed by atoms with Crippen molar-refractivity contribution in [3.05, 3.63) is 59.7 Å². The zero-order valence-corrected chi connectivity index (χ0v) is 16.1. The third-order valence-electron chi connectivity index (χ3n) is 3.95. The number of carbonyl (C=O) groups is 2. The van der Waals surface area contributed by atoms with Crippen molar-refractivity contribution in [2.75, 3.05) is 4.72 Å². The smallest absolute Gasteiger partial charge is 0.326 e. The Morgan fingerprint density at radius 3 is 2.00 bits per heavy atom. The Morgan fingerprint density at radius 2 is 1.52 bits per heavy atom. The van der Waals surface area contributed by atoms with E-state index in [1.165, 1.54) is 24.3 Å². The topological polar surface area (TPSA) is 113 Å². The zero-order chi connectivity index (χ0) is 20.2. The van der Waals surface area contributed by atoms with Crippen LogP contribution in [0.4, 0.5) is 5.69 Å². The second kappa shape index (κ2) is 8.22. The molecule has 2 aromatic carbocycles. The summed E-state index contributed by atoms with van der Waals surface area (Å²) in [5.41, 5.74) is 1.62. The van der Waals surface area contributed by atoms with Gasteiger partial charge in [0.1, 0.15) is 6.04 Å². The predicted molar refractivity (Wildman–Crippen MR) is 102 cm³/mol. The number of hydrogen-bond acceptors (Lipinski definition) is 4. The minimum absolute atomic E-state index is 0.00160. The number of anilines is 1. The molecule has 0 bridgehead atoms. The van der Waals surface area contributed by atoms with Gasteiger partial charge in [-0.1, -0.05) is 31.5 Å². The van der Waals surface area contributed by atoms with Crippen molar-refractivity contribution in [1.82, 2.24) is 5.32 Å². The van der Waals surface area contributed by atoms with Crippen LogP contribution in [-0.2, 0) is 14.8 Å². The molecule has 0 aliphatic rings. The Labute approximate surface area is 158 Å². The summed E-state index contributed by atoms with van der Waals surface area (Å²) < 4.78 is 27.3. The lowest BCUT2D eigenvalue weighted by Crippen LogP contribution is -2.44. The molecular formula is C19H22N2O5S. The Hall–Kier alpha value is -2.87. The van der Waals surface area contributed by atoms with Gasteiger partial charge in [-0.05, 0) is 49.2 Å². The maximum Gasteiger partial charge on any atom is 0.326 e. The highest BCUT2D eigenvalue weighted by molar-refractivity contribution is 7.92. The normalized spacial score (nSPS) is 12.4. The number of hydrogen-bond donors (Lipinski definition) is 3. The first-order valence-corrected chi connectivity index (χ1v) is 9.81. The molecular weight excluding hydrogens is 368 g/mol. The van der Waals surface area contributed by atoms with E-state index in [0.29, 0.717) is 5.69 Å². The third-order valence-corrected chi connectivity index (χ3v) is 5.35. The number of rotatable bonds is 7. The molecule has 0 unspecified atom stereocenters. The van der Waals surface area contributed by atoms with Gasteiger partial charge in [-0.15, -0.1) is 0 Å². The quantitative estimate of drug-likeness (QED) is 0.673. The molecule has 144 valence electrons. The van der Waals surface area contributed by atoms with Crippen molar-refractivity contribution in [3.8, 4) is 0 Å². The van der Waals surface area contributed by atoms with Gasteiger partial charge in [-0.25, -0.2) is 13.2 Å². The molecule has 8 heteroatoms. The molecule has 0 heterocycles. The number of amides is 1. The molecule has 0 aliphatic carbocycles. The molecule has 0 aromatic heterocycles. The number of carbonyl (C=O) groups excluding carboxylic acids is 1. The summed E-state index contributed by atoms with van der Waals surface area (Å²) in [6.45, 7) is 5.27. The Kier molecular flexibility index (Phi) is 6.22. The Morgan fingerprint density at radius 1 is 0.963 bits per heavy atom. The van der Waals surface area contributed by atoms with E-state index in [4.69, 9.17) is 5.11 Å². The molecule has 0 spiro atoms. The van der Waals surface area contributed by atoms with Gasteiger partial charge in [0.25, 0.3) is 15.9 Å². The van der Waals surface area contributed by atoms with Gasteiger partial charge in [-0.3, -0.25) is 9.52 Å². The summed E-state index contributed by atoms with van der Waals surface area (Å²) in [5.74, 6) is -1.99. The van der Waals surface area contributed by atoms with E-state index >= 15 is 0 Å². The third kappa shape index (κ3) is 5.30. The molecule has 0 saturated heterocycles. The number of carboxylic acid groups (broad SMARTS) is 1. The van der Waals surface area contributed by atoms with Crippen LogP contribution in [0.5, 0.6) is 0 Å². The molecule has 27 heavy (non-hydrogen) atoms. The predicted octanol–water partition coefficient (Wildman–Crippen LogP) is 2.63. The monoisotopic (exact) mass is 390 g/mol. The van der Waals surface area contributed by atoms with Crippen LogP contribution in [0.2, 0.25) is 0 Å². The number of sulfonamides is 1. The van der Waals surface area contributed by atoms with E-state index in [1.54, 1.807) is 38.1 Å². The fourth-order valence-electron chi connectivity index (χ4n) is 2.36. The highest BCUT2D eigenvalue weighted by Gasteiger charge is 2.24. The molecule has 3 N–H and O–H groups in total. The summed E-state index contributed by atoms with van der Waals surface area (Å²) in [6, 6.07) is 11.2. The maximum atomic E-state index is 12.4. The molecule has 2 aromatic rings. The molecule has 1 atom stereocenters. The van der Waals surface area contributed by atoms with Crippen molar-refractivity contribution in [3.63, 3.8) is 0 Å². The van der Waals surface area contributed by atoms with E-state index in [1.807, 2.05) is 6.92 Å². The van der Waals surface area contributed by atoms with E-state index in [-0.39, 0.29) is 16.4 Å². The van der Waals surface area contributed by atoms with Crippen molar-refractivity contribution in [1.29, 1.82) is 0 Å². The largest absolute Gasteiger partial charge is 0.480 e. The lowest BCUT2D eigenvalue weighted by Gasteiger charge is -2.18. The van der Waals surface area contributed by atoms with Crippen molar-refractivity contribution in [2.45, 2.75) is 31.7 Å². The van der Waals surface area contributed by atoms with Gasteiger partial charge < -0.3 is 10.4 Å². The second-order valence-electron chi connectivity index (χ2n) is 6.53. The van der Waals surface area contributed by atoms with E-state index in [0.717, 1.165) is 5.56 Å². The first-order chi connectivity index (χ1) is 12.6. The van der Waals surface area contributed by atoms with Crippen LogP contribution >= 0.6 is 0 Å². The lowest BCUT2D eigenvalue weighted by atomic mass is 10.0. The fourth-order valence-corrected chi connectivity index (χ4v) is 3.42. The molecule has 0 saturated carbocycles. The van der Waals surface area contributed by atoms with Gasteiger partial charge in [0.15, 0.2) is 0 Å². The van der Waals surface area contributed by atoms with Gasteiger partial charge >= 0.3 is 5.97 Å². The fraction of sp³-hybridized carbons (Fsp3) is 0.263. The van der Waals surface area contributed by atoms with E-state index in [2.05, 4.69) is 10.0 Å². The summed E-state index contributed by atoms with van der Waals surface area (Å²) in [5, 5.41) is 11.6. The number of aryl methyl sites for hydroxylation is 1. The Bertz CT molecular complexity index is 920. The van der Waals surface area contributed by atoms with Gasteiger partial charge in [0.2, 0.25) is 0 Å². The zero-order valence-electron chi connectivity index (χ0n) is 15.3. The van der Waals surface area contributed by atoms with Crippen LogP contribution in [0.3, 0.4) is 0 Å². The molecule has 2 rings (SSSR count). The van der Waals surface area contributed by atoms with Crippen molar-refractivity contribution >= 4 is 27.6 Å².